The lowest BCUT2D eigenvalue weighted by Crippen LogP contribution is -2.49. The van der Waals surface area contributed by atoms with E-state index in [1.54, 1.807) is 30.3 Å². The molecule has 1 aliphatic heterocycles. The van der Waals surface area contributed by atoms with Crippen LogP contribution in [0.15, 0.2) is 66.2 Å². The number of rotatable bonds is 4. The van der Waals surface area contributed by atoms with Gasteiger partial charge in [-0.3, -0.25) is 14.6 Å². The Morgan fingerprint density at radius 1 is 1.12 bits per heavy atom. The maximum atomic E-state index is 13.4. The lowest BCUT2D eigenvalue weighted by molar-refractivity contribution is -0.170. The van der Waals surface area contributed by atoms with Gasteiger partial charge in [0.15, 0.2) is 5.41 Å². The van der Waals surface area contributed by atoms with Crippen molar-refractivity contribution in [2.75, 3.05) is 14.2 Å². The summed E-state index contributed by atoms with van der Waals surface area (Å²) < 4.78 is 10.4. The predicted octanol–water partition coefficient (Wildman–Crippen LogP) is 4.22. The van der Waals surface area contributed by atoms with Crippen LogP contribution in [-0.4, -0.2) is 31.9 Å². The Morgan fingerprint density at radius 2 is 1.75 bits per heavy atom. The van der Waals surface area contributed by atoms with Gasteiger partial charge >= 0.3 is 11.9 Å². The summed E-state index contributed by atoms with van der Waals surface area (Å²) in [4.78, 5) is 31.7. The number of carbonyl (C=O) groups excluding carboxylic acids is 2. The summed E-state index contributed by atoms with van der Waals surface area (Å²) >= 11 is 0. The van der Waals surface area contributed by atoms with Crippen LogP contribution in [0.3, 0.4) is 0 Å². The molecule has 6 nitrogen and oxygen atoms in total. The van der Waals surface area contributed by atoms with E-state index in [1.165, 1.54) is 14.2 Å². The van der Waals surface area contributed by atoms with Crippen molar-refractivity contribution in [1.82, 2.24) is 0 Å². The fourth-order valence-corrected chi connectivity index (χ4v) is 5.87. The van der Waals surface area contributed by atoms with Gasteiger partial charge in [-0.2, -0.15) is 5.26 Å². The van der Waals surface area contributed by atoms with E-state index in [4.69, 9.17) is 14.5 Å². The second-order valence-electron chi connectivity index (χ2n) is 8.25. The van der Waals surface area contributed by atoms with E-state index in [-0.39, 0.29) is 12.3 Å². The molecule has 0 saturated heterocycles. The number of hydrogen-bond donors (Lipinski definition) is 0. The van der Waals surface area contributed by atoms with E-state index in [9.17, 15) is 14.9 Å². The van der Waals surface area contributed by atoms with Crippen molar-refractivity contribution >= 4 is 23.3 Å². The molecule has 1 spiro atoms. The third-order valence-electron chi connectivity index (χ3n) is 7.07. The van der Waals surface area contributed by atoms with Gasteiger partial charge < -0.3 is 9.47 Å². The molecule has 2 aromatic carbocycles. The van der Waals surface area contributed by atoms with Crippen molar-refractivity contribution in [2.45, 2.75) is 24.7 Å². The minimum atomic E-state index is -1.61. The van der Waals surface area contributed by atoms with E-state index in [2.05, 4.69) is 12.6 Å². The number of aliphatic imine (C=N–C) groups is 1. The van der Waals surface area contributed by atoms with Crippen molar-refractivity contribution in [3.63, 3.8) is 0 Å². The molecule has 3 atom stereocenters. The van der Waals surface area contributed by atoms with E-state index in [0.717, 1.165) is 22.5 Å². The molecule has 2 aliphatic rings. The highest BCUT2D eigenvalue weighted by molar-refractivity contribution is 6.09. The van der Waals surface area contributed by atoms with Crippen molar-refractivity contribution < 1.29 is 19.1 Å². The molecule has 1 fully saturated rings. The molecule has 2 aromatic rings. The zero-order chi connectivity index (χ0) is 23.1. The van der Waals surface area contributed by atoms with Gasteiger partial charge in [0, 0.05) is 11.6 Å². The van der Waals surface area contributed by atoms with Crippen LogP contribution in [-0.2, 0) is 24.5 Å². The Kier molecular flexibility index (Phi) is 5.21. The van der Waals surface area contributed by atoms with Gasteiger partial charge in [0.2, 0.25) is 0 Å². The van der Waals surface area contributed by atoms with Crippen LogP contribution in [0.2, 0.25) is 0 Å². The molecule has 0 amide bonds. The zero-order valence-corrected chi connectivity index (χ0v) is 18.3. The zero-order valence-electron chi connectivity index (χ0n) is 18.3. The molecule has 0 N–H and O–H groups in total. The topological polar surface area (TPSA) is 88.8 Å². The average Bonchev–Trinajstić information content (AvgIpc) is 3.31. The van der Waals surface area contributed by atoms with E-state index < -0.39 is 28.7 Å². The first kappa shape index (κ1) is 21.5. The van der Waals surface area contributed by atoms with Crippen molar-refractivity contribution in [3.8, 4) is 6.07 Å². The van der Waals surface area contributed by atoms with Crippen LogP contribution < -0.4 is 0 Å². The van der Waals surface area contributed by atoms with Crippen LogP contribution in [0.5, 0.6) is 0 Å². The maximum absolute atomic E-state index is 13.4. The van der Waals surface area contributed by atoms with E-state index >= 15 is 0 Å². The maximum Gasteiger partial charge on any atom is 0.323 e. The Morgan fingerprint density at radius 3 is 2.31 bits per heavy atom. The summed E-state index contributed by atoms with van der Waals surface area (Å²) in [7, 11) is 2.56. The van der Waals surface area contributed by atoms with Gasteiger partial charge in [-0.25, -0.2) is 0 Å². The molecular weight excluding hydrogens is 404 g/mol. The van der Waals surface area contributed by atoms with Crippen molar-refractivity contribution in [3.05, 3.63) is 77.9 Å². The lowest BCUT2D eigenvalue weighted by Gasteiger charge is -2.41. The fraction of sp³-hybridized carbons (Fsp3) is 0.308. The Hall–Kier alpha value is -3.72. The highest BCUT2D eigenvalue weighted by Gasteiger charge is 2.72. The molecule has 4 rings (SSSR count). The molecule has 1 heterocycles. The molecule has 0 unspecified atom stereocenters. The summed E-state index contributed by atoms with van der Waals surface area (Å²) in [6, 6.07) is 16.9. The molecular formula is C26H24N2O4. The standard InChI is InChI=1S/C26H24N2O4/c1-5-19-14-25(23(29)31-3,24(30)32-4)22(18-12-10-17(15-27)11-13-18)26(19)16(2)28-21-9-7-6-8-20(21)26/h5-13,19,22H,1,14H2,2-4H3/t19-,22+,26+/m0/s1. The first-order valence-corrected chi connectivity index (χ1v) is 10.4. The monoisotopic (exact) mass is 428 g/mol. The summed E-state index contributed by atoms with van der Waals surface area (Å²) in [6.45, 7) is 5.99. The van der Waals surface area contributed by atoms with Gasteiger partial charge in [0.25, 0.3) is 0 Å². The van der Waals surface area contributed by atoms with Crippen LogP contribution in [0.1, 0.15) is 36.0 Å². The smallest absolute Gasteiger partial charge is 0.323 e. The van der Waals surface area contributed by atoms with Gasteiger partial charge in [-0.05, 0) is 48.6 Å². The molecule has 1 aliphatic carbocycles. The number of esters is 2. The van der Waals surface area contributed by atoms with Gasteiger partial charge in [0.05, 0.1) is 37.0 Å². The number of fused-ring (bicyclic) bond motifs is 2. The number of nitrogens with zero attached hydrogens (tertiary/aromatic N) is 2. The predicted molar refractivity (Wildman–Crippen MR) is 120 cm³/mol. The summed E-state index contributed by atoms with van der Waals surface area (Å²) in [5.41, 5.74) is 1.36. The normalized spacial score (nSPS) is 24.9. The number of ether oxygens (including phenoxy) is 2. The molecule has 0 aromatic heterocycles. The number of benzene rings is 2. The number of methoxy groups -OCH3 is 2. The SMILES string of the molecule is C=C[C@H]1CC(C(=O)OC)(C(=O)OC)[C@@H](c2ccc(C#N)cc2)[C@]12C(C)=Nc1ccccc12. The van der Waals surface area contributed by atoms with Crippen molar-refractivity contribution in [1.29, 1.82) is 5.26 Å². The van der Waals surface area contributed by atoms with E-state index in [1.807, 2.05) is 31.2 Å². The molecule has 1 saturated carbocycles. The first-order chi connectivity index (χ1) is 15.4. The van der Waals surface area contributed by atoms with Gasteiger partial charge in [-0.15, -0.1) is 6.58 Å². The number of hydrogen-bond acceptors (Lipinski definition) is 6. The second-order valence-corrected chi connectivity index (χ2v) is 8.25. The molecule has 0 radical (unpaired) electrons. The highest BCUT2D eigenvalue weighted by Crippen LogP contribution is 2.67. The summed E-state index contributed by atoms with van der Waals surface area (Å²) in [6.07, 6.45) is 1.97. The second kappa shape index (κ2) is 7.76. The molecule has 162 valence electrons. The van der Waals surface area contributed by atoms with Crippen LogP contribution in [0.4, 0.5) is 5.69 Å². The third-order valence-corrected chi connectivity index (χ3v) is 7.07. The Balaban J connectivity index is 2.12. The van der Waals surface area contributed by atoms with Crippen LogP contribution in [0, 0.1) is 22.7 Å². The fourth-order valence-electron chi connectivity index (χ4n) is 5.87. The Bertz CT molecular complexity index is 1160. The third kappa shape index (κ3) is 2.61. The van der Waals surface area contributed by atoms with Crippen molar-refractivity contribution in [2.24, 2.45) is 16.3 Å². The minimum absolute atomic E-state index is 0.168. The first-order valence-electron chi connectivity index (χ1n) is 10.4. The lowest BCUT2D eigenvalue weighted by atomic mass is 9.59. The number of para-hydroxylation sites is 1. The quantitative estimate of drug-likeness (QED) is 0.413. The number of allylic oxidation sites excluding steroid dienone is 1. The van der Waals surface area contributed by atoms with E-state index in [0.29, 0.717) is 5.56 Å². The average molecular weight is 428 g/mol. The van der Waals surface area contributed by atoms with Crippen LogP contribution >= 0.6 is 0 Å². The highest BCUT2D eigenvalue weighted by atomic mass is 16.5. The largest absolute Gasteiger partial charge is 0.468 e. The minimum Gasteiger partial charge on any atom is -0.468 e. The van der Waals surface area contributed by atoms with Gasteiger partial charge in [-0.1, -0.05) is 36.4 Å². The molecule has 6 heteroatoms. The summed E-state index contributed by atoms with van der Waals surface area (Å²) in [5, 5.41) is 9.28. The molecule has 0 bridgehead atoms. The van der Waals surface area contributed by atoms with Gasteiger partial charge in [0.1, 0.15) is 0 Å². The number of nitriles is 1. The van der Waals surface area contributed by atoms with Crippen LogP contribution in [0.25, 0.3) is 0 Å². The Labute approximate surface area is 187 Å². The summed E-state index contributed by atoms with van der Waals surface area (Å²) in [5.74, 6) is -2.26. The number of carbonyl (C=O) groups is 2. The molecule has 32 heavy (non-hydrogen) atoms.